The molecule has 1 aromatic carbocycles. The Morgan fingerprint density at radius 2 is 2.18 bits per heavy atom. The minimum absolute atomic E-state index is 0.0157. The van der Waals surface area contributed by atoms with E-state index in [-0.39, 0.29) is 18.6 Å². The van der Waals surface area contributed by atoms with E-state index in [4.69, 9.17) is 5.73 Å². The van der Waals surface area contributed by atoms with Crippen LogP contribution >= 0.6 is 0 Å². The van der Waals surface area contributed by atoms with Gasteiger partial charge in [-0.2, -0.15) is 0 Å². The Labute approximate surface area is 98.8 Å². The first-order valence-corrected chi connectivity index (χ1v) is 5.52. The average molecular weight is 239 g/mol. The lowest BCUT2D eigenvalue weighted by Gasteiger charge is -2.23. The molecular weight excluding hydrogens is 224 g/mol. The van der Waals surface area contributed by atoms with Gasteiger partial charge in [-0.05, 0) is 34.8 Å². The number of aromatic hydroxyl groups is 1. The lowest BCUT2D eigenvalue weighted by Crippen LogP contribution is -2.19. The van der Waals surface area contributed by atoms with E-state index in [1.54, 1.807) is 12.1 Å². The molecule has 3 N–H and O–H groups in total. The van der Waals surface area contributed by atoms with Crippen LogP contribution in [0, 0.1) is 0 Å². The Bertz CT molecular complexity index is 457. The number of halogens is 2. The molecule has 0 fully saturated rings. The molecule has 1 aliphatic carbocycles. The normalized spacial score (nSPS) is 21.1. The second-order valence-corrected chi connectivity index (χ2v) is 4.48. The van der Waals surface area contributed by atoms with Gasteiger partial charge in [-0.25, -0.2) is 8.78 Å². The topological polar surface area (TPSA) is 46.2 Å². The number of allylic oxidation sites excluding steroid dienone is 1. The molecule has 0 aromatic heterocycles. The number of alkyl halides is 2. The molecule has 17 heavy (non-hydrogen) atoms. The van der Waals surface area contributed by atoms with Crippen molar-refractivity contribution in [2.45, 2.75) is 31.7 Å². The molecule has 0 bridgehead atoms. The number of hydrogen-bond donors (Lipinski definition) is 2. The van der Waals surface area contributed by atoms with Crippen LogP contribution in [0.25, 0.3) is 0 Å². The maximum absolute atomic E-state index is 13.5. The molecule has 0 spiro atoms. The van der Waals surface area contributed by atoms with Crippen molar-refractivity contribution in [3.05, 3.63) is 41.0 Å². The van der Waals surface area contributed by atoms with Crippen LogP contribution in [-0.2, 0) is 19.3 Å². The molecule has 0 saturated heterocycles. The molecule has 0 saturated carbocycles. The van der Waals surface area contributed by atoms with Gasteiger partial charge in [0.15, 0.2) is 6.30 Å². The summed E-state index contributed by atoms with van der Waals surface area (Å²) in [5.41, 5.74) is 7.67. The molecule has 1 aliphatic rings. The largest absolute Gasteiger partial charge is 0.508 e. The Morgan fingerprint density at radius 3 is 2.82 bits per heavy atom. The molecule has 2 unspecified atom stereocenters. The first-order valence-electron chi connectivity index (χ1n) is 5.52. The summed E-state index contributed by atoms with van der Waals surface area (Å²) in [6.45, 7) is 3.66. The standard InChI is InChI=1S/C13H15F2NO/c1-7-2-8-5-12(17)10(6-13(15)16)3-9(8)4-11(7)14/h3,5,11,13,17H,1-2,4,6,16H2. The smallest absolute Gasteiger partial charge is 0.152 e. The quantitative estimate of drug-likeness (QED) is 0.614. The van der Waals surface area contributed by atoms with Crippen molar-refractivity contribution in [3.8, 4) is 5.75 Å². The highest BCUT2D eigenvalue weighted by molar-refractivity contribution is 5.46. The third-order valence-corrected chi connectivity index (χ3v) is 3.08. The molecule has 2 nitrogen and oxygen atoms in total. The van der Waals surface area contributed by atoms with Crippen LogP contribution in [0.3, 0.4) is 0 Å². The van der Waals surface area contributed by atoms with Crippen LogP contribution < -0.4 is 5.73 Å². The fraction of sp³-hybridized carbons (Fsp3) is 0.385. The summed E-state index contributed by atoms with van der Waals surface area (Å²) in [6.07, 6.45) is -1.97. The Hall–Kier alpha value is -1.42. The van der Waals surface area contributed by atoms with Crippen LogP contribution in [-0.4, -0.2) is 17.6 Å². The summed E-state index contributed by atoms with van der Waals surface area (Å²) in [5, 5.41) is 9.72. The molecule has 2 atom stereocenters. The van der Waals surface area contributed by atoms with Gasteiger partial charge >= 0.3 is 0 Å². The number of benzene rings is 1. The van der Waals surface area contributed by atoms with Gasteiger partial charge in [-0.15, -0.1) is 0 Å². The zero-order valence-corrected chi connectivity index (χ0v) is 9.42. The maximum Gasteiger partial charge on any atom is 0.152 e. The summed E-state index contributed by atoms with van der Waals surface area (Å²) in [7, 11) is 0. The lowest BCUT2D eigenvalue weighted by molar-refractivity contribution is 0.337. The Balaban J connectivity index is 2.36. The summed E-state index contributed by atoms with van der Waals surface area (Å²) in [6, 6.07) is 3.20. The molecule has 1 aromatic rings. The van der Waals surface area contributed by atoms with Crippen LogP contribution in [0.4, 0.5) is 8.78 Å². The van der Waals surface area contributed by atoms with E-state index in [2.05, 4.69) is 6.58 Å². The third kappa shape index (κ3) is 2.47. The van der Waals surface area contributed by atoms with E-state index in [1.807, 2.05) is 0 Å². The minimum Gasteiger partial charge on any atom is -0.508 e. The van der Waals surface area contributed by atoms with Crippen molar-refractivity contribution in [1.29, 1.82) is 0 Å². The highest BCUT2D eigenvalue weighted by atomic mass is 19.1. The summed E-state index contributed by atoms with van der Waals surface area (Å²) in [5.74, 6) is 0.0157. The van der Waals surface area contributed by atoms with Gasteiger partial charge in [0, 0.05) is 12.8 Å². The summed E-state index contributed by atoms with van der Waals surface area (Å²) < 4.78 is 26.2. The van der Waals surface area contributed by atoms with E-state index < -0.39 is 12.5 Å². The van der Waals surface area contributed by atoms with Gasteiger partial charge in [0.05, 0.1) is 0 Å². The maximum atomic E-state index is 13.5. The van der Waals surface area contributed by atoms with Crippen molar-refractivity contribution in [2.75, 3.05) is 0 Å². The van der Waals surface area contributed by atoms with Gasteiger partial charge in [-0.1, -0.05) is 12.6 Å². The number of phenols is 1. The van der Waals surface area contributed by atoms with Crippen molar-refractivity contribution < 1.29 is 13.9 Å². The van der Waals surface area contributed by atoms with Crippen LogP contribution in [0.2, 0.25) is 0 Å². The van der Waals surface area contributed by atoms with Crippen LogP contribution in [0.15, 0.2) is 24.3 Å². The second kappa shape index (κ2) is 4.45. The van der Waals surface area contributed by atoms with E-state index in [1.165, 1.54) is 0 Å². The van der Waals surface area contributed by atoms with Crippen LogP contribution in [0.1, 0.15) is 16.7 Å². The average Bonchev–Trinajstić information content (AvgIpc) is 2.22. The number of phenolic OH excluding ortho intramolecular Hbond substituents is 1. The fourth-order valence-electron chi connectivity index (χ4n) is 2.15. The highest BCUT2D eigenvalue weighted by Gasteiger charge is 2.23. The molecule has 2 rings (SSSR count). The number of rotatable bonds is 2. The predicted molar refractivity (Wildman–Crippen MR) is 62.3 cm³/mol. The highest BCUT2D eigenvalue weighted by Crippen LogP contribution is 2.31. The molecule has 92 valence electrons. The number of nitrogens with two attached hydrogens (primary N) is 1. The van der Waals surface area contributed by atoms with Crippen molar-refractivity contribution >= 4 is 0 Å². The van der Waals surface area contributed by atoms with Gasteiger partial charge in [0.2, 0.25) is 0 Å². The fourth-order valence-corrected chi connectivity index (χ4v) is 2.15. The third-order valence-electron chi connectivity index (χ3n) is 3.08. The van der Waals surface area contributed by atoms with Crippen molar-refractivity contribution in [1.82, 2.24) is 0 Å². The zero-order chi connectivity index (χ0) is 12.6. The lowest BCUT2D eigenvalue weighted by atomic mass is 9.86. The number of hydrogen-bond acceptors (Lipinski definition) is 2. The van der Waals surface area contributed by atoms with Gasteiger partial charge in [-0.3, -0.25) is 0 Å². The summed E-state index contributed by atoms with van der Waals surface area (Å²) >= 11 is 0. The summed E-state index contributed by atoms with van der Waals surface area (Å²) in [4.78, 5) is 0. The van der Waals surface area contributed by atoms with Gasteiger partial charge < -0.3 is 10.8 Å². The van der Waals surface area contributed by atoms with E-state index in [0.717, 1.165) is 11.1 Å². The Kier molecular flexibility index (Phi) is 3.15. The minimum atomic E-state index is -1.52. The molecule has 0 aliphatic heterocycles. The second-order valence-electron chi connectivity index (χ2n) is 4.48. The van der Waals surface area contributed by atoms with E-state index in [0.29, 0.717) is 17.6 Å². The van der Waals surface area contributed by atoms with Gasteiger partial charge in [0.1, 0.15) is 11.9 Å². The van der Waals surface area contributed by atoms with E-state index in [9.17, 15) is 13.9 Å². The zero-order valence-electron chi connectivity index (χ0n) is 9.42. The first-order chi connectivity index (χ1) is 7.97. The van der Waals surface area contributed by atoms with Crippen molar-refractivity contribution in [3.63, 3.8) is 0 Å². The molecule has 0 heterocycles. The Morgan fingerprint density at radius 1 is 1.47 bits per heavy atom. The number of fused-ring (bicyclic) bond motifs is 1. The molecule has 0 amide bonds. The molecule has 4 heteroatoms. The van der Waals surface area contributed by atoms with Gasteiger partial charge in [0.25, 0.3) is 0 Å². The molecule has 0 radical (unpaired) electrons. The van der Waals surface area contributed by atoms with Crippen molar-refractivity contribution in [2.24, 2.45) is 5.73 Å². The molecular formula is C13H15F2NO. The van der Waals surface area contributed by atoms with Crippen LogP contribution in [0.5, 0.6) is 5.75 Å². The monoisotopic (exact) mass is 239 g/mol. The SMILES string of the molecule is C=C1Cc2cc(O)c(CC(N)F)cc2CC1F. The first kappa shape index (κ1) is 12.0. The predicted octanol–water partition coefficient (Wildman–Crippen LogP) is 2.18. The van der Waals surface area contributed by atoms with E-state index >= 15 is 0 Å².